The second kappa shape index (κ2) is 6.73. The van der Waals surface area contributed by atoms with Gasteiger partial charge in [-0.1, -0.05) is 24.6 Å². The minimum atomic E-state index is 0.316. The van der Waals surface area contributed by atoms with Crippen molar-refractivity contribution in [2.75, 3.05) is 6.54 Å². The molecule has 1 saturated heterocycles. The Morgan fingerprint density at radius 2 is 1.85 bits per heavy atom. The Hall–Kier alpha value is -0.860. The van der Waals surface area contributed by atoms with Crippen molar-refractivity contribution in [3.63, 3.8) is 0 Å². The zero-order chi connectivity index (χ0) is 14.7. The summed E-state index contributed by atoms with van der Waals surface area (Å²) in [5, 5.41) is 3.72. The van der Waals surface area contributed by atoms with Gasteiger partial charge in [-0.25, -0.2) is 0 Å². The standard InChI is InChI=1S/C18H29NO/c1-6-9-19-18(16-8-7-15(5)20-16)17-13(3)10-12(2)11-14(17)4/h10-11,15-16,18-19H,6-9H2,1-5H3. The van der Waals surface area contributed by atoms with Crippen LogP contribution in [0.15, 0.2) is 12.1 Å². The number of benzene rings is 1. The van der Waals surface area contributed by atoms with Crippen LogP contribution in [-0.4, -0.2) is 18.8 Å². The Labute approximate surface area is 123 Å². The molecule has 20 heavy (non-hydrogen) atoms. The van der Waals surface area contributed by atoms with Crippen LogP contribution in [0.1, 0.15) is 61.4 Å². The highest BCUT2D eigenvalue weighted by molar-refractivity contribution is 5.40. The molecular weight excluding hydrogens is 246 g/mol. The Kier molecular flexibility index (Phi) is 5.22. The van der Waals surface area contributed by atoms with Gasteiger partial charge in [0.2, 0.25) is 0 Å². The molecule has 0 spiro atoms. The zero-order valence-electron chi connectivity index (χ0n) is 13.6. The molecule has 0 aliphatic carbocycles. The third-order valence-electron chi connectivity index (χ3n) is 4.30. The first kappa shape index (κ1) is 15.5. The van der Waals surface area contributed by atoms with Crippen LogP contribution in [0.25, 0.3) is 0 Å². The Morgan fingerprint density at radius 1 is 1.20 bits per heavy atom. The molecule has 0 saturated carbocycles. The fraction of sp³-hybridized carbons (Fsp3) is 0.667. The van der Waals surface area contributed by atoms with Gasteiger partial charge in [0.1, 0.15) is 0 Å². The smallest absolute Gasteiger partial charge is 0.0774 e. The molecule has 0 bridgehead atoms. The SMILES string of the molecule is CCCNC(c1c(C)cc(C)cc1C)C1CCC(C)O1. The topological polar surface area (TPSA) is 21.3 Å². The van der Waals surface area contributed by atoms with E-state index in [-0.39, 0.29) is 0 Å². The van der Waals surface area contributed by atoms with Crippen molar-refractivity contribution >= 4 is 0 Å². The van der Waals surface area contributed by atoms with Gasteiger partial charge in [0, 0.05) is 0 Å². The van der Waals surface area contributed by atoms with Crippen molar-refractivity contribution in [1.29, 1.82) is 0 Å². The zero-order valence-corrected chi connectivity index (χ0v) is 13.6. The molecule has 3 atom stereocenters. The summed E-state index contributed by atoms with van der Waals surface area (Å²) in [7, 11) is 0. The molecule has 1 aliphatic rings. The molecule has 1 aromatic carbocycles. The van der Waals surface area contributed by atoms with Gasteiger partial charge in [-0.15, -0.1) is 0 Å². The molecular formula is C18H29NO. The maximum absolute atomic E-state index is 6.15. The lowest BCUT2D eigenvalue weighted by molar-refractivity contribution is 0.0313. The molecule has 1 aliphatic heterocycles. The third kappa shape index (κ3) is 3.42. The molecule has 2 rings (SSSR count). The highest BCUT2D eigenvalue weighted by atomic mass is 16.5. The molecule has 0 radical (unpaired) electrons. The quantitative estimate of drug-likeness (QED) is 0.868. The van der Waals surface area contributed by atoms with E-state index in [0.717, 1.165) is 19.4 Å². The summed E-state index contributed by atoms with van der Waals surface area (Å²) in [6, 6.07) is 4.92. The van der Waals surface area contributed by atoms with E-state index in [1.165, 1.54) is 28.7 Å². The number of aryl methyl sites for hydroxylation is 3. The summed E-state index contributed by atoms with van der Waals surface area (Å²) in [5.74, 6) is 0. The van der Waals surface area contributed by atoms with Crippen LogP contribution in [0, 0.1) is 20.8 Å². The Bertz CT molecular complexity index is 432. The average Bonchev–Trinajstić information content (AvgIpc) is 2.78. The third-order valence-corrected chi connectivity index (χ3v) is 4.30. The van der Waals surface area contributed by atoms with Crippen molar-refractivity contribution < 1.29 is 4.74 Å². The van der Waals surface area contributed by atoms with E-state index < -0.39 is 0 Å². The normalized spacial score (nSPS) is 24.1. The van der Waals surface area contributed by atoms with Crippen LogP contribution >= 0.6 is 0 Å². The molecule has 2 nitrogen and oxygen atoms in total. The number of hydrogen-bond acceptors (Lipinski definition) is 2. The second-order valence-electron chi connectivity index (χ2n) is 6.31. The van der Waals surface area contributed by atoms with Gasteiger partial charge in [-0.2, -0.15) is 0 Å². The van der Waals surface area contributed by atoms with Crippen LogP contribution in [0.5, 0.6) is 0 Å². The van der Waals surface area contributed by atoms with E-state index in [9.17, 15) is 0 Å². The molecule has 1 fully saturated rings. The monoisotopic (exact) mass is 275 g/mol. The minimum absolute atomic E-state index is 0.316. The van der Waals surface area contributed by atoms with Gasteiger partial charge < -0.3 is 10.1 Å². The molecule has 0 amide bonds. The van der Waals surface area contributed by atoms with Crippen molar-refractivity contribution in [2.24, 2.45) is 0 Å². The Morgan fingerprint density at radius 3 is 2.35 bits per heavy atom. The van der Waals surface area contributed by atoms with E-state index in [1.807, 2.05) is 0 Å². The molecule has 1 aromatic rings. The van der Waals surface area contributed by atoms with E-state index in [2.05, 4.69) is 52.1 Å². The summed E-state index contributed by atoms with van der Waals surface area (Å²) in [6.07, 6.45) is 4.21. The maximum Gasteiger partial charge on any atom is 0.0774 e. The van der Waals surface area contributed by atoms with Gasteiger partial charge >= 0.3 is 0 Å². The first-order valence-corrected chi connectivity index (χ1v) is 7.99. The molecule has 3 unspecified atom stereocenters. The lowest BCUT2D eigenvalue weighted by Crippen LogP contribution is -2.33. The predicted molar refractivity (Wildman–Crippen MR) is 85.3 cm³/mol. The van der Waals surface area contributed by atoms with Gasteiger partial charge in [-0.05, 0) is 70.2 Å². The lowest BCUT2D eigenvalue weighted by Gasteiger charge is -2.28. The number of nitrogens with one attached hydrogen (secondary N) is 1. The molecule has 1 heterocycles. The van der Waals surface area contributed by atoms with E-state index in [1.54, 1.807) is 0 Å². The van der Waals surface area contributed by atoms with Crippen molar-refractivity contribution in [3.05, 3.63) is 34.4 Å². The van der Waals surface area contributed by atoms with Gasteiger partial charge in [-0.3, -0.25) is 0 Å². The van der Waals surface area contributed by atoms with E-state index in [0.29, 0.717) is 18.2 Å². The van der Waals surface area contributed by atoms with Crippen molar-refractivity contribution in [2.45, 2.75) is 72.1 Å². The molecule has 112 valence electrons. The highest BCUT2D eigenvalue weighted by Crippen LogP contribution is 2.33. The summed E-state index contributed by atoms with van der Waals surface area (Å²) in [4.78, 5) is 0. The van der Waals surface area contributed by atoms with Crippen molar-refractivity contribution in [3.8, 4) is 0 Å². The van der Waals surface area contributed by atoms with Crippen molar-refractivity contribution in [1.82, 2.24) is 5.32 Å². The van der Waals surface area contributed by atoms with Crippen LogP contribution in [0.3, 0.4) is 0 Å². The predicted octanol–water partition coefficient (Wildman–Crippen LogP) is 4.22. The number of ether oxygens (including phenoxy) is 1. The van der Waals surface area contributed by atoms with Gasteiger partial charge in [0.15, 0.2) is 0 Å². The fourth-order valence-electron chi connectivity index (χ4n) is 3.48. The summed E-state index contributed by atoms with van der Waals surface area (Å²) >= 11 is 0. The maximum atomic E-state index is 6.15. The van der Waals surface area contributed by atoms with Crippen LogP contribution in [0.2, 0.25) is 0 Å². The number of hydrogen-bond donors (Lipinski definition) is 1. The average molecular weight is 275 g/mol. The van der Waals surface area contributed by atoms with Crippen LogP contribution in [0.4, 0.5) is 0 Å². The lowest BCUT2D eigenvalue weighted by atomic mass is 9.90. The molecule has 2 heteroatoms. The van der Waals surface area contributed by atoms with E-state index >= 15 is 0 Å². The minimum Gasteiger partial charge on any atom is -0.373 e. The number of rotatable bonds is 5. The van der Waals surface area contributed by atoms with Crippen LogP contribution in [-0.2, 0) is 4.74 Å². The van der Waals surface area contributed by atoms with Crippen LogP contribution < -0.4 is 5.32 Å². The second-order valence-corrected chi connectivity index (χ2v) is 6.31. The summed E-state index contributed by atoms with van der Waals surface area (Å²) in [5.41, 5.74) is 5.57. The first-order valence-electron chi connectivity index (χ1n) is 7.99. The molecule has 0 aromatic heterocycles. The molecule has 1 N–H and O–H groups in total. The van der Waals surface area contributed by atoms with E-state index in [4.69, 9.17) is 4.74 Å². The van der Waals surface area contributed by atoms with Gasteiger partial charge in [0.05, 0.1) is 18.2 Å². The highest BCUT2D eigenvalue weighted by Gasteiger charge is 2.31. The summed E-state index contributed by atoms with van der Waals surface area (Å²) in [6.45, 7) is 12.1. The Balaban J connectivity index is 2.31. The first-order chi connectivity index (χ1) is 9.52. The summed E-state index contributed by atoms with van der Waals surface area (Å²) < 4.78 is 6.15. The largest absolute Gasteiger partial charge is 0.373 e. The fourth-order valence-corrected chi connectivity index (χ4v) is 3.48. The van der Waals surface area contributed by atoms with Gasteiger partial charge in [0.25, 0.3) is 0 Å².